The van der Waals surface area contributed by atoms with Crippen molar-refractivity contribution in [3.05, 3.63) is 101 Å². The second kappa shape index (κ2) is 10.7. The summed E-state index contributed by atoms with van der Waals surface area (Å²) in [7, 11) is -3.72. The Balaban J connectivity index is 1.78. The van der Waals surface area contributed by atoms with Crippen molar-refractivity contribution in [2.24, 2.45) is 0 Å². The van der Waals surface area contributed by atoms with Crippen molar-refractivity contribution in [1.29, 1.82) is 0 Å². The van der Waals surface area contributed by atoms with E-state index in [1.165, 1.54) is 41.3 Å². The van der Waals surface area contributed by atoms with Gasteiger partial charge in [0.2, 0.25) is 10.0 Å². The average molecular weight is 483 g/mol. The molecule has 0 saturated heterocycles. The fourth-order valence-electron chi connectivity index (χ4n) is 3.47. The standard InChI is InChI=1S/C26H27FN2O4S/c1-18(2)29(17-16-28-34(32,33)22-14-8-19(3)9-15-22)26(31)24-7-5-4-6-23(24)25(30)20-10-12-21(27)13-11-20/h4-15,18,28H,16-17H2,1-3H3. The fraction of sp³-hybridized carbons (Fsp3) is 0.231. The second-order valence-electron chi connectivity index (χ2n) is 8.18. The smallest absolute Gasteiger partial charge is 0.254 e. The first-order chi connectivity index (χ1) is 16.1. The zero-order valence-electron chi connectivity index (χ0n) is 19.3. The molecule has 0 radical (unpaired) electrons. The van der Waals surface area contributed by atoms with E-state index in [1.54, 1.807) is 36.4 Å². The van der Waals surface area contributed by atoms with E-state index in [0.717, 1.165) is 5.56 Å². The van der Waals surface area contributed by atoms with Crippen LogP contribution in [0.5, 0.6) is 0 Å². The molecule has 8 heteroatoms. The van der Waals surface area contributed by atoms with Crippen molar-refractivity contribution in [3.8, 4) is 0 Å². The van der Waals surface area contributed by atoms with Gasteiger partial charge >= 0.3 is 0 Å². The fourth-order valence-corrected chi connectivity index (χ4v) is 4.50. The third kappa shape index (κ3) is 5.95. The summed E-state index contributed by atoms with van der Waals surface area (Å²) >= 11 is 0. The Kier molecular flexibility index (Phi) is 7.96. The molecule has 3 aromatic rings. The molecule has 1 amide bonds. The maximum absolute atomic E-state index is 13.4. The number of nitrogens with one attached hydrogen (secondary N) is 1. The summed E-state index contributed by atoms with van der Waals surface area (Å²) in [4.78, 5) is 28.1. The minimum absolute atomic E-state index is 0.00814. The van der Waals surface area contributed by atoms with Crippen LogP contribution < -0.4 is 4.72 Å². The van der Waals surface area contributed by atoms with Crippen LogP contribution in [0.4, 0.5) is 4.39 Å². The van der Waals surface area contributed by atoms with Crippen molar-refractivity contribution < 1.29 is 22.4 Å². The highest BCUT2D eigenvalue weighted by molar-refractivity contribution is 7.89. The molecule has 0 bridgehead atoms. The number of carbonyl (C=O) groups excluding carboxylic acids is 2. The van der Waals surface area contributed by atoms with E-state index in [0.29, 0.717) is 0 Å². The van der Waals surface area contributed by atoms with E-state index >= 15 is 0 Å². The van der Waals surface area contributed by atoms with Crippen molar-refractivity contribution in [2.45, 2.75) is 31.7 Å². The minimum Gasteiger partial charge on any atom is -0.335 e. The number of aryl methyl sites for hydroxylation is 1. The molecule has 0 saturated carbocycles. The lowest BCUT2D eigenvalue weighted by molar-refractivity contribution is 0.0706. The molecule has 0 aliphatic carbocycles. The normalized spacial score (nSPS) is 11.4. The number of benzene rings is 3. The Bertz CT molecular complexity index is 1270. The van der Waals surface area contributed by atoms with Gasteiger partial charge in [-0.1, -0.05) is 35.9 Å². The highest BCUT2D eigenvalue weighted by atomic mass is 32.2. The Labute approximate surface area is 199 Å². The zero-order chi connectivity index (χ0) is 24.9. The van der Waals surface area contributed by atoms with Gasteiger partial charge in [0, 0.05) is 30.3 Å². The third-order valence-electron chi connectivity index (χ3n) is 5.37. The van der Waals surface area contributed by atoms with Gasteiger partial charge in [0.05, 0.1) is 10.5 Å². The van der Waals surface area contributed by atoms with E-state index < -0.39 is 27.5 Å². The molecule has 0 spiro atoms. The number of halogens is 1. The zero-order valence-corrected chi connectivity index (χ0v) is 20.1. The molecule has 0 aromatic heterocycles. The largest absolute Gasteiger partial charge is 0.335 e. The number of ketones is 1. The SMILES string of the molecule is Cc1ccc(S(=O)(=O)NCCN(C(=O)c2ccccc2C(=O)c2ccc(F)cc2)C(C)C)cc1. The number of amides is 1. The lowest BCUT2D eigenvalue weighted by Gasteiger charge is -2.27. The summed E-state index contributed by atoms with van der Waals surface area (Å²) in [5.41, 5.74) is 1.62. The van der Waals surface area contributed by atoms with Crippen molar-refractivity contribution in [3.63, 3.8) is 0 Å². The Morgan fingerprint density at radius 2 is 1.50 bits per heavy atom. The predicted molar refractivity (Wildman–Crippen MR) is 129 cm³/mol. The number of carbonyl (C=O) groups is 2. The van der Waals surface area contributed by atoms with Crippen LogP contribution in [0.25, 0.3) is 0 Å². The van der Waals surface area contributed by atoms with E-state index in [-0.39, 0.29) is 40.7 Å². The average Bonchev–Trinajstić information content (AvgIpc) is 2.81. The van der Waals surface area contributed by atoms with Crippen LogP contribution in [0.15, 0.2) is 77.7 Å². The van der Waals surface area contributed by atoms with E-state index in [9.17, 15) is 22.4 Å². The highest BCUT2D eigenvalue weighted by Gasteiger charge is 2.25. The molecule has 3 rings (SSSR count). The number of nitrogens with zero attached hydrogens (tertiary/aromatic N) is 1. The predicted octanol–water partition coefficient (Wildman–Crippen LogP) is 4.19. The van der Waals surface area contributed by atoms with E-state index in [1.807, 2.05) is 20.8 Å². The Morgan fingerprint density at radius 1 is 0.912 bits per heavy atom. The number of hydrogen-bond donors (Lipinski definition) is 1. The van der Waals surface area contributed by atoms with Gasteiger partial charge in [0.25, 0.3) is 5.91 Å². The summed E-state index contributed by atoms with van der Waals surface area (Å²) < 4.78 is 40.9. The number of hydrogen-bond acceptors (Lipinski definition) is 4. The lowest BCUT2D eigenvalue weighted by Crippen LogP contribution is -2.42. The minimum atomic E-state index is -3.72. The van der Waals surface area contributed by atoms with Gasteiger partial charge in [0.1, 0.15) is 5.82 Å². The molecular weight excluding hydrogens is 455 g/mol. The molecule has 1 N–H and O–H groups in total. The quantitative estimate of drug-likeness (QED) is 0.464. The van der Waals surface area contributed by atoms with Crippen LogP contribution in [-0.4, -0.2) is 44.1 Å². The van der Waals surface area contributed by atoms with Crippen LogP contribution in [-0.2, 0) is 10.0 Å². The maximum atomic E-state index is 13.4. The lowest BCUT2D eigenvalue weighted by atomic mass is 9.97. The maximum Gasteiger partial charge on any atom is 0.254 e. The first-order valence-corrected chi connectivity index (χ1v) is 12.3. The highest BCUT2D eigenvalue weighted by Crippen LogP contribution is 2.18. The van der Waals surface area contributed by atoms with Crippen LogP contribution in [0.3, 0.4) is 0 Å². The molecule has 178 valence electrons. The molecule has 34 heavy (non-hydrogen) atoms. The first kappa shape index (κ1) is 25.3. The van der Waals surface area contributed by atoms with Crippen LogP contribution >= 0.6 is 0 Å². The topological polar surface area (TPSA) is 83.6 Å². The molecule has 0 aliphatic rings. The van der Waals surface area contributed by atoms with Gasteiger partial charge < -0.3 is 4.90 Å². The molecule has 0 fully saturated rings. The van der Waals surface area contributed by atoms with Gasteiger partial charge in [-0.3, -0.25) is 9.59 Å². The Morgan fingerprint density at radius 3 is 2.09 bits per heavy atom. The van der Waals surface area contributed by atoms with Crippen LogP contribution in [0, 0.1) is 12.7 Å². The molecule has 6 nitrogen and oxygen atoms in total. The molecule has 0 atom stereocenters. The molecule has 0 unspecified atom stereocenters. The van der Waals surface area contributed by atoms with E-state index in [2.05, 4.69) is 4.72 Å². The summed E-state index contributed by atoms with van der Waals surface area (Å²) in [6.45, 7) is 5.62. The van der Waals surface area contributed by atoms with Gasteiger partial charge in [0.15, 0.2) is 5.78 Å². The summed E-state index contributed by atoms with van der Waals surface area (Å²) in [5, 5.41) is 0. The summed E-state index contributed by atoms with van der Waals surface area (Å²) in [6.07, 6.45) is 0. The monoisotopic (exact) mass is 482 g/mol. The molecule has 0 aliphatic heterocycles. The van der Waals surface area contributed by atoms with Gasteiger partial charge in [-0.2, -0.15) is 0 Å². The molecule has 3 aromatic carbocycles. The van der Waals surface area contributed by atoms with Crippen molar-refractivity contribution >= 4 is 21.7 Å². The number of sulfonamides is 1. The van der Waals surface area contributed by atoms with Gasteiger partial charge in [-0.05, 0) is 63.2 Å². The third-order valence-corrected chi connectivity index (χ3v) is 6.85. The second-order valence-corrected chi connectivity index (χ2v) is 9.95. The summed E-state index contributed by atoms with van der Waals surface area (Å²) in [5.74, 6) is -1.25. The first-order valence-electron chi connectivity index (χ1n) is 10.9. The van der Waals surface area contributed by atoms with Crippen LogP contribution in [0.1, 0.15) is 45.7 Å². The van der Waals surface area contributed by atoms with Gasteiger partial charge in [-0.15, -0.1) is 0 Å². The summed E-state index contributed by atoms with van der Waals surface area (Å²) in [6, 6.07) is 17.8. The van der Waals surface area contributed by atoms with Crippen molar-refractivity contribution in [2.75, 3.05) is 13.1 Å². The van der Waals surface area contributed by atoms with E-state index in [4.69, 9.17) is 0 Å². The van der Waals surface area contributed by atoms with Crippen LogP contribution in [0.2, 0.25) is 0 Å². The Hall–Kier alpha value is -3.36. The van der Waals surface area contributed by atoms with Crippen molar-refractivity contribution in [1.82, 2.24) is 9.62 Å². The van der Waals surface area contributed by atoms with Gasteiger partial charge in [-0.25, -0.2) is 17.5 Å². The molecule has 0 heterocycles. The molecular formula is C26H27FN2O4S. The number of rotatable bonds is 9.